The Morgan fingerprint density at radius 3 is 2.80 bits per heavy atom. The van der Waals surface area contributed by atoms with Crippen LogP contribution in [-0.4, -0.2) is 17.7 Å². The Kier molecular flexibility index (Phi) is 1.86. The molecular formula is C6H8ClFO2. The van der Waals surface area contributed by atoms with Crippen LogP contribution in [0.5, 0.6) is 0 Å². The predicted octanol–water partition coefficient (Wildman–Crippen LogP) is 1.47. The average molecular weight is 167 g/mol. The van der Waals surface area contributed by atoms with Gasteiger partial charge in [-0.3, -0.25) is 4.79 Å². The van der Waals surface area contributed by atoms with Crippen molar-refractivity contribution in [2.75, 3.05) is 6.61 Å². The van der Waals surface area contributed by atoms with Gasteiger partial charge in [0.1, 0.15) is 5.92 Å². The highest BCUT2D eigenvalue weighted by molar-refractivity contribution is 6.26. The fourth-order valence-electron chi connectivity index (χ4n) is 0.712. The molecule has 1 fully saturated rings. The van der Waals surface area contributed by atoms with Gasteiger partial charge in [-0.05, 0) is 6.92 Å². The van der Waals surface area contributed by atoms with Crippen LogP contribution in [0.3, 0.4) is 0 Å². The predicted molar refractivity (Wildman–Crippen MR) is 34.4 cm³/mol. The van der Waals surface area contributed by atoms with Gasteiger partial charge in [-0.1, -0.05) is 11.6 Å². The highest BCUT2D eigenvalue weighted by Gasteiger charge is 2.59. The summed E-state index contributed by atoms with van der Waals surface area (Å²) in [5, 5.41) is -1.81. The molecule has 1 rings (SSSR count). The maximum absolute atomic E-state index is 12.5. The van der Waals surface area contributed by atoms with Crippen LogP contribution < -0.4 is 0 Å². The van der Waals surface area contributed by atoms with E-state index in [9.17, 15) is 9.18 Å². The molecule has 0 spiro atoms. The van der Waals surface area contributed by atoms with Gasteiger partial charge in [-0.25, -0.2) is 4.39 Å². The first-order valence-electron chi connectivity index (χ1n) is 3.12. The van der Waals surface area contributed by atoms with E-state index in [0.717, 1.165) is 0 Å². The average Bonchev–Trinajstić information content (AvgIpc) is 2.41. The first-order chi connectivity index (χ1) is 4.58. The van der Waals surface area contributed by atoms with Gasteiger partial charge in [-0.15, -0.1) is 0 Å². The van der Waals surface area contributed by atoms with Crippen molar-refractivity contribution in [1.29, 1.82) is 0 Å². The van der Waals surface area contributed by atoms with Crippen molar-refractivity contribution >= 4 is 17.6 Å². The Morgan fingerprint density at radius 2 is 2.50 bits per heavy atom. The van der Waals surface area contributed by atoms with Crippen molar-refractivity contribution in [3.63, 3.8) is 0 Å². The molecule has 2 nitrogen and oxygen atoms in total. The topological polar surface area (TPSA) is 26.3 Å². The summed E-state index contributed by atoms with van der Waals surface area (Å²) in [6.07, 6.45) is 0.0907. The molecule has 0 aromatic rings. The first kappa shape index (κ1) is 7.79. The molecule has 0 saturated heterocycles. The SMILES string of the molecule is CCOC(=O)C1C[C@@]1(F)Cl. The van der Waals surface area contributed by atoms with Gasteiger partial charge in [0, 0.05) is 6.42 Å². The fraction of sp³-hybridized carbons (Fsp3) is 0.833. The Hall–Kier alpha value is -0.310. The number of ether oxygens (including phenoxy) is 1. The van der Waals surface area contributed by atoms with E-state index in [-0.39, 0.29) is 13.0 Å². The Morgan fingerprint density at radius 1 is 2.00 bits per heavy atom. The van der Waals surface area contributed by atoms with Crippen LogP contribution in [0.25, 0.3) is 0 Å². The number of carbonyl (C=O) groups is 1. The third kappa shape index (κ3) is 1.40. The molecule has 1 aliphatic rings. The molecule has 0 aliphatic heterocycles. The lowest BCUT2D eigenvalue weighted by molar-refractivity contribution is -0.145. The van der Waals surface area contributed by atoms with Crippen molar-refractivity contribution in [1.82, 2.24) is 0 Å². The molecule has 0 radical (unpaired) electrons. The monoisotopic (exact) mass is 166 g/mol. The third-order valence-electron chi connectivity index (χ3n) is 1.40. The maximum atomic E-state index is 12.5. The minimum atomic E-state index is -1.81. The van der Waals surface area contributed by atoms with E-state index >= 15 is 0 Å². The van der Waals surface area contributed by atoms with Gasteiger partial charge < -0.3 is 4.74 Å². The zero-order valence-corrected chi connectivity index (χ0v) is 6.32. The van der Waals surface area contributed by atoms with E-state index < -0.39 is 17.0 Å². The number of rotatable bonds is 2. The molecule has 0 N–H and O–H groups in total. The number of alkyl halides is 2. The van der Waals surface area contributed by atoms with Crippen molar-refractivity contribution in [3.05, 3.63) is 0 Å². The van der Waals surface area contributed by atoms with E-state index in [1.807, 2.05) is 0 Å². The van der Waals surface area contributed by atoms with Gasteiger partial charge in [0.2, 0.25) is 0 Å². The van der Waals surface area contributed by atoms with Crippen LogP contribution in [0, 0.1) is 5.92 Å². The standard InChI is InChI=1S/C6H8ClFO2/c1-2-10-5(9)4-3-6(4,7)8/h4H,2-3H2,1H3/t4?,6-/m0/s1. The van der Waals surface area contributed by atoms with Gasteiger partial charge in [-0.2, -0.15) is 0 Å². The second kappa shape index (κ2) is 2.38. The van der Waals surface area contributed by atoms with Crippen molar-refractivity contribution < 1.29 is 13.9 Å². The molecule has 0 heterocycles. The lowest BCUT2D eigenvalue weighted by Gasteiger charge is -1.98. The molecule has 58 valence electrons. The summed E-state index contributed by atoms with van der Waals surface area (Å²) in [4.78, 5) is 10.7. The van der Waals surface area contributed by atoms with Crippen LogP contribution in [0.15, 0.2) is 0 Å². The van der Waals surface area contributed by atoms with Crippen molar-refractivity contribution in [3.8, 4) is 0 Å². The second-order valence-corrected chi connectivity index (χ2v) is 2.90. The summed E-state index contributed by atoms with van der Waals surface area (Å²) < 4.78 is 17.0. The van der Waals surface area contributed by atoms with Gasteiger partial charge in [0.15, 0.2) is 5.13 Å². The molecule has 0 bridgehead atoms. The summed E-state index contributed by atoms with van der Waals surface area (Å²) in [6.45, 7) is 1.96. The van der Waals surface area contributed by atoms with Gasteiger partial charge in [0.25, 0.3) is 0 Å². The minimum absolute atomic E-state index is 0.0907. The van der Waals surface area contributed by atoms with Crippen molar-refractivity contribution in [2.24, 2.45) is 5.92 Å². The van der Waals surface area contributed by atoms with Gasteiger partial charge >= 0.3 is 5.97 Å². The zero-order chi connectivity index (χ0) is 7.78. The summed E-state index contributed by atoms with van der Waals surface area (Å²) in [5.74, 6) is -1.26. The first-order valence-corrected chi connectivity index (χ1v) is 3.50. The van der Waals surface area contributed by atoms with Crippen LogP contribution in [0.1, 0.15) is 13.3 Å². The van der Waals surface area contributed by atoms with E-state index in [2.05, 4.69) is 4.74 Å². The van der Waals surface area contributed by atoms with E-state index in [1.165, 1.54) is 0 Å². The molecule has 0 aromatic heterocycles. The Balaban J connectivity index is 2.33. The fourth-order valence-corrected chi connectivity index (χ4v) is 0.955. The van der Waals surface area contributed by atoms with Crippen LogP contribution >= 0.6 is 11.6 Å². The maximum Gasteiger partial charge on any atom is 0.313 e. The van der Waals surface area contributed by atoms with Crippen LogP contribution in [0.4, 0.5) is 4.39 Å². The summed E-state index contributed by atoms with van der Waals surface area (Å²) in [6, 6.07) is 0. The number of esters is 1. The smallest absolute Gasteiger partial charge is 0.313 e. The number of carbonyl (C=O) groups excluding carboxylic acids is 1. The van der Waals surface area contributed by atoms with Crippen LogP contribution in [-0.2, 0) is 9.53 Å². The normalized spacial score (nSPS) is 37.3. The molecule has 0 amide bonds. The van der Waals surface area contributed by atoms with E-state index in [4.69, 9.17) is 11.6 Å². The zero-order valence-electron chi connectivity index (χ0n) is 5.56. The summed E-state index contributed by atoms with van der Waals surface area (Å²) in [7, 11) is 0. The molecule has 1 aliphatic carbocycles. The quantitative estimate of drug-likeness (QED) is 0.459. The summed E-state index contributed by atoms with van der Waals surface area (Å²) in [5.41, 5.74) is 0. The minimum Gasteiger partial charge on any atom is -0.466 e. The van der Waals surface area contributed by atoms with Gasteiger partial charge in [0.05, 0.1) is 6.61 Å². The molecule has 1 unspecified atom stereocenters. The second-order valence-electron chi connectivity index (χ2n) is 2.27. The largest absolute Gasteiger partial charge is 0.466 e. The lowest BCUT2D eigenvalue weighted by atomic mass is 10.4. The van der Waals surface area contributed by atoms with Crippen LogP contribution in [0.2, 0.25) is 0 Å². The third-order valence-corrected chi connectivity index (χ3v) is 1.81. The Labute approximate surface area is 63.3 Å². The Bertz CT molecular complexity index is 158. The molecular weight excluding hydrogens is 159 g/mol. The molecule has 2 atom stereocenters. The number of hydrogen-bond acceptors (Lipinski definition) is 2. The summed E-state index contributed by atoms with van der Waals surface area (Å²) >= 11 is 5.17. The number of halogens is 2. The number of hydrogen-bond donors (Lipinski definition) is 0. The highest BCUT2D eigenvalue weighted by Crippen LogP contribution is 2.51. The molecule has 10 heavy (non-hydrogen) atoms. The highest BCUT2D eigenvalue weighted by atomic mass is 35.5. The van der Waals surface area contributed by atoms with Crippen molar-refractivity contribution in [2.45, 2.75) is 18.5 Å². The molecule has 0 aromatic carbocycles. The van der Waals surface area contributed by atoms with E-state index in [1.54, 1.807) is 6.92 Å². The van der Waals surface area contributed by atoms with E-state index in [0.29, 0.717) is 0 Å². The lowest BCUT2D eigenvalue weighted by Crippen LogP contribution is -2.10. The molecule has 4 heteroatoms. The molecule has 1 saturated carbocycles.